The first kappa shape index (κ1) is 25.7. The Morgan fingerprint density at radius 3 is 2.56 bits per heavy atom. The Hall–Kier alpha value is -3.37. The molecule has 190 valence electrons. The van der Waals surface area contributed by atoms with Crippen molar-refractivity contribution in [2.24, 2.45) is 0 Å². The highest BCUT2D eigenvalue weighted by Crippen LogP contribution is 2.29. The maximum Gasteiger partial charge on any atom is 0.328 e. The van der Waals surface area contributed by atoms with Crippen molar-refractivity contribution >= 4 is 55.4 Å². The van der Waals surface area contributed by atoms with E-state index in [1.54, 1.807) is 0 Å². The van der Waals surface area contributed by atoms with Gasteiger partial charge in [0.2, 0.25) is 0 Å². The number of pyridine rings is 1. The van der Waals surface area contributed by atoms with Gasteiger partial charge in [-0.2, -0.15) is 0 Å². The summed E-state index contributed by atoms with van der Waals surface area (Å²) in [5, 5.41) is 4.03. The van der Waals surface area contributed by atoms with Crippen molar-refractivity contribution in [1.29, 1.82) is 0 Å². The normalized spacial score (nSPS) is 11.7. The van der Waals surface area contributed by atoms with E-state index in [9.17, 15) is 13.2 Å². The lowest BCUT2D eigenvalue weighted by atomic mass is 10.2. The number of unbranched alkanes of at least 4 members (excludes halogenated alkanes) is 2. The average Bonchev–Trinajstić information content (AvgIpc) is 3.22. The van der Waals surface area contributed by atoms with E-state index in [2.05, 4.69) is 21.8 Å². The van der Waals surface area contributed by atoms with Gasteiger partial charge >= 0.3 is 6.03 Å². The first-order valence-electron chi connectivity index (χ1n) is 11.9. The molecule has 0 aliphatic carbocycles. The van der Waals surface area contributed by atoms with E-state index in [-0.39, 0.29) is 4.90 Å². The van der Waals surface area contributed by atoms with Crippen LogP contribution in [0.25, 0.3) is 21.9 Å². The minimum absolute atomic E-state index is 0.0327. The molecule has 36 heavy (non-hydrogen) atoms. The fourth-order valence-electron chi connectivity index (χ4n) is 4.10. The number of fused-ring (bicyclic) bond motifs is 3. The van der Waals surface area contributed by atoms with Crippen LogP contribution in [0.1, 0.15) is 38.4 Å². The molecule has 0 saturated heterocycles. The molecule has 4 rings (SSSR count). The van der Waals surface area contributed by atoms with Crippen molar-refractivity contribution in [3.8, 4) is 0 Å². The Labute approximate surface area is 215 Å². The third-order valence-electron chi connectivity index (χ3n) is 5.89. The summed E-state index contributed by atoms with van der Waals surface area (Å²) >= 11 is 5.80. The monoisotopic (exact) mass is 528 g/mol. The number of aromatic nitrogens is 3. The number of nitrogens with two attached hydrogens (primary N) is 1. The Balaban J connectivity index is 1.41. The van der Waals surface area contributed by atoms with Crippen molar-refractivity contribution in [2.45, 2.75) is 50.5 Å². The van der Waals surface area contributed by atoms with E-state index >= 15 is 0 Å². The third kappa shape index (κ3) is 5.71. The molecule has 2 aromatic carbocycles. The Kier molecular flexibility index (Phi) is 7.95. The molecule has 2 heterocycles. The van der Waals surface area contributed by atoms with Gasteiger partial charge in [0.25, 0.3) is 10.0 Å². The average molecular weight is 529 g/mol. The lowest BCUT2D eigenvalue weighted by Gasteiger charge is -2.12. The van der Waals surface area contributed by atoms with Crippen molar-refractivity contribution in [3.63, 3.8) is 0 Å². The predicted octanol–water partition coefficient (Wildman–Crippen LogP) is 4.63. The maximum absolute atomic E-state index is 12.3. The van der Waals surface area contributed by atoms with Gasteiger partial charge in [-0.25, -0.2) is 27.9 Å². The van der Waals surface area contributed by atoms with Crippen LogP contribution < -0.4 is 15.8 Å². The molecule has 4 N–H and O–H groups in total. The van der Waals surface area contributed by atoms with E-state index < -0.39 is 16.1 Å². The number of amides is 2. The molecule has 0 radical (unpaired) electrons. The molecule has 0 aliphatic heterocycles. The number of rotatable bonds is 10. The summed E-state index contributed by atoms with van der Waals surface area (Å²) in [4.78, 5) is 21.5. The summed E-state index contributed by atoms with van der Waals surface area (Å²) in [6, 6.07) is 12.7. The molecule has 0 saturated carbocycles. The number of aryl methyl sites for hydroxylation is 2. The highest BCUT2D eigenvalue weighted by Gasteiger charge is 2.18. The molecule has 0 fully saturated rings. The first-order chi connectivity index (χ1) is 17.3. The highest BCUT2D eigenvalue weighted by atomic mass is 35.5. The number of urea groups is 1. The predicted molar refractivity (Wildman–Crippen MR) is 142 cm³/mol. The smallest absolute Gasteiger partial charge is 0.328 e. The van der Waals surface area contributed by atoms with Crippen LogP contribution in [0.5, 0.6) is 0 Å². The number of para-hydroxylation sites is 1. The van der Waals surface area contributed by atoms with Crippen LogP contribution in [-0.4, -0.2) is 35.5 Å². The van der Waals surface area contributed by atoms with Crippen LogP contribution in [0.4, 0.5) is 10.6 Å². The fourth-order valence-corrected chi connectivity index (χ4v) is 5.15. The summed E-state index contributed by atoms with van der Waals surface area (Å²) in [6.45, 7) is 3.15. The van der Waals surface area contributed by atoms with E-state index in [1.165, 1.54) is 24.3 Å². The Morgan fingerprint density at radius 1 is 1.06 bits per heavy atom. The number of nitrogens with one attached hydrogen (secondary N) is 2. The van der Waals surface area contributed by atoms with Gasteiger partial charge in [-0.05, 0) is 49.6 Å². The van der Waals surface area contributed by atoms with Crippen LogP contribution in [0.15, 0.2) is 53.4 Å². The van der Waals surface area contributed by atoms with Gasteiger partial charge in [-0.3, -0.25) is 0 Å². The molecule has 4 aromatic rings. The van der Waals surface area contributed by atoms with E-state index in [4.69, 9.17) is 22.3 Å². The largest absolute Gasteiger partial charge is 0.382 e. The van der Waals surface area contributed by atoms with Crippen LogP contribution in [0.2, 0.25) is 5.02 Å². The zero-order valence-electron chi connectivity index (χ0n) is 20.0. The molecular formula is C25H29ClN6O3S. The minimum atomic E-state index is -3.97. The summed E-state index contributed by atoms with van der Waals surface area (Å²) in [7, 11) is -3.97. The molecular weight excluding hydrogens is 500 g/mol. The van der Waals surface area contributed by atoms with Crippen LogP contribution in [0, 0.1) is 0 Å². The number of halogens is 1. The third-order valence-corrected chi connectivity index (χ3v) is 7.49. The number of carbonyl (C=O) groups is 1. The number of nitrogens with zero attached hydrogens (tertiary/aromatic N) is 3. The second-order valence-corrected chi connectivity index (χ2v) is 10.6. The Bertz CT molecular complexity index is 1490. The van der Waals surface area contributed by atoms with E-state index in [1.807, 2.05) is 29.0 Å². The summed E-state index contributed by atoms with van der Waals surface area (Å²) < 4.78 is 28.9. The lowest BCUT2D eigenvalue weighted by Crippen LogP contribution is -2.39. The zero-order chi connectivity index (χ0) is 25.7. The molecule has 2 amide bonds. The van der Waals surface area contributed by atoms with Crippen molar-refractivity contribution in [2.75, 3.05) is 12.3 Å². The standard InChI is InChI=1S/C25H29ClN6O3S/c1-2-3-10-21-30-22-23(19-8-4-5-9-20(19)29-24(22)27)32(21)16-7-6-15-28-25(33)31-36(34,35)18-13-11-17(26)12-14-18/h4-5,8-9,11-14H,2-3,6-7,10,15-16H2,1H3,(H2,27,29)(H2,28,31,33). The van der Waals surface area contributed by atoms with Crippen LogP contribution in [0.3, 0.4) is 0 Å². The summed E-state index contributed by atoms with van der Waals surface area (Å²) in [6.07, 6.45) is 4.31. The van der Waals surface area contributed by atoms with Crippen molar-refractivity contribution in [1.82, 2.24) is 24.6 Å². The lowest BCUT2D eigenvalue weighted by molar-refractivity contribution is 0.245. The molecule has 0 atom stereocenters. The number of nitrogen functional groups attached to an aromatic ring is 1. The number of sulfonamides is 1. The zero-order valence-corrected chi connectivity index (χ0v) is 21.6. The number of benzene rings is 2. The Morgan fingerprint density at radius 2 is 1.81 bits per heavy atom. The van der Waals surface area contributed by atoms with Gasteiger partial charge in [0.05, 0.1) is 15.9 Å². The number of hydrogen-bond donors (Lipinski definition) is 3. The molecule has 0 spiro atoms. The second kappa shape index (κ2) is 11.1. The minimum Gasteiger partial charge on any atom is -0.382 e. The molecule has 11 heteroatoms. The molecule has 0 unspecified atom stereocenters. The second-order valence-electron chi connectivity index (χ2n) is 8.52. The number of imidazole rings is 1. The van der Waals surface area contributed by atoms with E-state index in [0.29, 0.717) is 35.9 Å². The van der Waals surface area contributed by atoms with Gasteiger partial charge in [-0.1, -0.05) is 43.1 Å². The molecule has 2 aromatic heterocycles. The van der Waals surface area contributed by atoms with Gasteiger partial charge in [0.15, 0.2) is 5.82 Å². The molecule has 9 nitrogen and oxygen atoms in total. The topological polar surface area (TPSA) is 132 Å². The molecule has 0 bridgehead atoms. The number of anilines is 1. The first-order valence-corrected chi connectivity index (χ1v) is 13.8. The highest BCUT2D eigenvalue weighted by molar-refractivity contribution is 7.90. The van der Waals surface area contributed by atoms with Gasteiger partial charge in [0, 0.05) is 29.9 Å². The van der Waals surface area contributed by atoms with Gasteiger partial charge < -0.3 is 15.6 Å². The van der Waals surface area contributed by atoms with Gasteiger partial charge in [0.1, 0.15) is 11.3 Å². The molecule has 0 aliphatic rings. The van der Waals surface area contributed by atoms with E-state index in [0.717, 1.165) is 47.9 Å². The maximum atomic E-state index is 12.3. The summed E-state index contributed by atoms with van der Waals surface area (Å²) in [5.41, 5.74) is 8.76. The SMILES string of the molecule is CCCCc1nc2c(N)nc3ccccc3c2n1CCCCNC(=O)NS(=O)(=O)c1ccc(Cl)cc1. The van der Waals surface area contributed by atoms with Crippen LogP contribution >= 0.6 is 11.6 Å². The van der Waals surface area contributed by atoms with Crippen molar-refractivity contribution < 1.29 is 13.2 Å². The fraction of sp³-hybridized carbons (Fsp3) is 0.320. The quantitative estimate of drug-likeness (QED) is 0.257. The number of hydrogen-bond acceptors (Lipinski definition) is 6. The van der Waals surface area contributed by atoms with Crippen molar-refractivity contribution in [3.05, 3.63) is 59.4 Å². The van der Waals surface area contributed by atoms with Gasteiger partial charge in [-0.15, -0.1) is 0 Å². The van der Waals surface area contributed by atoms with Crippen LogP contribution in [-0.2, 0) is 23.0 Å². The number of carbonyl (C=O) groups excluding carboxylic acids is 1. The summed E-state index contributed by atoms with van der Waals surface area (Å²) in [5.74, 6) is 1.39.